The molecule has 2 aromatic carbocycles. The van der Waals surface area contributed by atoms with Gasteiger partial charge >= 0.3 is 0 Å². The molecular weight excluding hydrogens is 326 g/mol. The van der Waals surface area contributed by atoms with Crippen LogP contribution in [0.4, 0.5) is 0 Å². The lowest BCUT2D eigenvalue weighted by Crippen LogP contribution is -2.37. The lowest BCUT2D eigenvalue weighted by Gasteiger charge is -2.25. The summed E-state index contributed by atoms with van der Waals surface area (Å²) in [5.41, 5.74) is 2.34. The topological polar surface area (TPSA) is 52.9 Å². The van der Waals surface area contributed by atoms with Gasteiger partial charge in [-0.1, -0.05) is 62.4 Å². The van der Waals surface area contributed by atoms with Crippen molar-refractivity contribution in [2.75, 3.05) is 26.3 Å². The highest BCUT2D eigenvalue weighted by atomic mass is 16.5. The van der Waals surface area contributed by atoms with Crippen molar-refractivity contribution in [3.05, 3.63) is 65.7 Å². The molecule has 0 aliphatic carbocycles. The van der Waals surface area contributed by atoms with Crippen LogP contribution in [0.2, 0.25) is 0 Å². The molecule has 0 radical (unpaired) electrons. The molecule has 0 saturated heterocycles. The summed E-state index contributed by atoms with van der Waals surface area (Å²) in [6, 6.07) is 18.1. The molecule has 26 heavy (non-hydrogen) atoms. The van der Waals surface area contributed by atoms with Crippen LogP contribution < -0.4 is 4.74 Å². The predicted molar refractivity (Wildman–Crippen MR) is 105 cm³/mol. The Labute approximate surface area is 157 Å². The second-order valence-electron chi connectivity index (χ2n) is 6.76. The van der Waals surface area contributed by atoms with E-state index in [4.69, 9.17) is 4.74 Å². The first-order chi connectivity index (χ1) is 12.6. The third-order valence-electron chi connectivity index (χ3n) is 4.63. The lowest BCUT2D eigenvalue weighted by molar-refractivity contribution is 0.0586. The molecule has 0 heterocycles. The summed E-state index contributed by atoms with van der Waals surface area (Å²) in [5, 5.41) is 19.7. The number of hydrogen-bond donors (Lipinski definition) is 2. The van der Waals surface area contributed by atoms with Crippen molar-refractivity contribution in [3.63, 3.8) is 0 Å². The fourth-order valence-electron chi connectivity index (χ4n) is 2.99. The summed E-state index contributed by atoms with van der Waals surface area (Å²) in [7, 11) is 0. The maximum absolute atomic E-state index is 10.4. The molecule has 2 atom stereocenters. The van der Waals surface area contributed by atoms with Crippen LogP contribution in [0.1, 0.15) is 37.3 Å². The smallest absolute Gasteiger partial charge is 0.122 e. The molecule has 0 bridgehead atoms. The van der Waals surface area contributed by atoms with E-state index in [9.17, 15) is 10.2 Å². The summed E-state index contributed by atoms with van der Waals surface area (Å²) < 4.78 is 5.91. The SMILES string of the molecule is CC[C@@H](C)c1ccccc1OC[C@@H](O)CN(CCO)Cc1ccccc1. The molecule has 0 aromatic heterocycles. The lowest BCUT2D eigenvalue weighted by atomic mass is 9.98. The first-order valence-corrected chi connectivity index (χ1v) is 9.41. The van der Waals surface area contributed by atoms with Gasteiger partial charge in [0.05, 0.1) is 6.61 Å². The molecule has 0 aliphatic heterocycles. The summed E-state index contributed by atoms with van der Waals surface area (Å²) in [5.74, 6) is 1.27. The Morgan fingerprint density at radius 1 is 1.04 bits per heavy atom. The van der Waals surface area contributed by atoms with Crippen LogP contribution >= 0.6 is 0 Å². The monoisotopic (exact) mass is 357 g/mol. The average molecular weight is 357 g/mol. The van der Waals surface area contributed by atoms with Crippen molar-refractivity contribution in [2.24, 2.45) is 0 Å². The van der Waals surface area contributed by atoms with Gasteiger partial charge in [0.15, 0.2) is 0 Å². The summed E-state index contributed by atoms with van der Waals surface area (Å²) in [6.07, 6.45) is 0.430. The van der Waals surface area contributed by atoms with Crippen molar-refractivity contribution >= 4 is 0 Å². The average Bonchev–Trinajstić information content (AvgIpc) is 2.67. The Kier molecular flexibility index (Phi) is 8.62. The number of para-hydroxylation sites is 1. The van der Waals surface area contributed by atoms with Gasteiger partial charge in [-0.15, -0.1) is 0 Å². The molecular formula is C22H31NO3. The van der Waals surface area contributed by atoms with E-state index in [0.717, 1.165) is 17.7 Å². The number of aliphatic hydroxyl groups is 2. The zero-order valence-corrected chi connectivity index (χ0v) is 15.8. The van der Waals surface area contributed by atoms with Gasteiger partial charge in [-0.2, -0.15) is 0 Å². The number of hydrogen-bond acceptors (Lipinski definition) is 4. The van der Waals surface area contributed by atoms with Gasteiger partial charge in [-0.05, 0) is 29.5 Å². The highest BCUT2D eigenvalue weighted by Crippen LogP contribution is 2.28. The molecule has 4 nitrogen and oxygen atoms in total. The second kappa shape index (κ2) is 11.0. The largest absolute Gasteiger partial charge is 0.491 e. The minimum absolute atomic E-state index is 0.0667. The molecule has 2 rings (SSSR count). The highest BCUT2D eigenvalue weighted by Gasteiger charge is 2.15. The van der Waals surface area contributed by atoms with Crippen molar-refractivity contribution in [1.29, 1.82) is 0 Å². The fourth-order valence-corrected chi connectivity index (χ4v) is 2.99. The quantitative estimate of drug-likeness (QED) is 0.647. The molecule has 0 aliphatic rings. The summed E-state index contributed by atoms with van der Waals surface area (Å²) >= 11 is 0. The van der Waals surface area contributed by atoms with Crippen LogP contribution in [-0.2, 0) is 6.54 Å². The zero-order chi connectivity index (χ0) is 18.8. The van der Waals surface area contributed by atoms with Gasteiger partial charge in [-0.3, -0.25) is 4.90 Å². The van der Waals surface area contributed by atoms with Crippen LogP contribution in [0.25, 0.3) is 0 Å². The molecule has 2 aromatic rings. The molecule has 0 amide bonds. The van der Waals surface area contributed by atoms with Crippen LogP contribution in [0.15, 0.2) is 54.6 Å². The fraction of sp³-hybridized carbons (Fsp3) is 0.455. The first kappa shape index (κ1) is 20.4. The number of benzene rings is 2. The Hall–Kier alpha value is -1.88. The Bertz CT molecular complexity index is 632. The van der Waals surface area contributed by atoms with E-state index < -0.39 is 6.10 Å². The number of rotatable bonds is 11. The Morgan fingerprint density at radius 3 is 2.42 bits per heavy atom. The normalized spacial score (nSPS) is 13.6. The van der Waals surface area contributed by atoms with Crippen molar-refractivity contribution in [1.82, 2.24) is 4.90 Å². The minimum Gasteiger partial charge on any atom is -0.491 e. The van der Waals surface area contributed by atoms with E-state index in [0.29, 0.717) is 25.6 Å². The highest BCUT2D eigenvalue weighted by molar-refractivity contribution is 5.35. The van der Waals surface area contributed by atoms with E-state index >= 15 is 0 Å². The van der Waals surface area contributed by atoms with Gasteiger partial charge in [0.2, 0.25) is 0 Å². The number of aliphatic hydroxyl groups excluding tert-OH is 2. The van der Waals surface area contributed by atoms with Crippen LogP contribution in [0.5, 0.6) is 5.75 Å². The van der Waals surface area contributed by atoms with Gasteiger partial charge in [0.25, 0.3) is 0 Å². The van der Waals surface area contributed by atoms with E-state index in [1.807, 2.05) is 41.3 Å². The summed E-state index contributed by atoms with van der Waals surface area (Å²) in [6.45, 7) is 6.33. The van der Waals surface area contributed by atoms with Crippen LogP contribution in [0.3, 0.4) is 0 Å². The minimum atomic E-state index is -0.616. The standard InChI is InChI=1S/C22H31NO3/c1-3-18(2)21-11-7-8-12-22(21)26-17-20(25)16-23(13-14-24)15-19-9-5-4-6-10-19/h4-12,18,20,24-25H,3,13-17H2,1-2H3/t18-,20+/m1/s1. The van der Waals surface area contributed by atoms with Gasteiger partial charge in [0, 0.05) is 19.6 Å². The summed E-state index contributed by atoms with van der Waals surface area (Å²) in [4.78, 5) is 2.05. The molecule has 2 N–H and O–H groups in total. The van der Waals surface area contributed by atoms with E-state index in [1.54, 1.807) is 0 Å². The Morgan fingerprint density at radius 2 is 1.73 bits per heavy atom. The maximum Gasteiger partial charge on any atom is 0.122 e. The van der Waals surface area contributed by atoms with Gasteiger partial charge in [-0.25, -0.2) is 0 Å². The van der Waals surface area contributed by atoms with Gasteiger partial charge in [0.1, 0.15) is 18.5 Å². The van der Waals surface area contributed by atoms with Crippen molar-refractivity contribution in [2.45, 2.75) is 38.8 Å². The van der Waals surface area contributed by atoms with Crippen LogP contribution in [0, 0.1) is 0 Å². The maximum atomic E-state index is 10.4. The second-order valence-corrected chi connectivity index (χ2v) is 6.76. The molecule has 0 unspecified atom stereocenters. The van der Waals surface area contributed by atoms with Crippen molar-refractivity contribution < 1.29 is 14.9 Å². The molecule has 142 valence electrons. The molecule has 4 heteroatoms. The van der Waals surface area contributed by atoms with E-state index in [1.165, 1.54) is 5.56 Å². The number of nitrogens with zero attached hydrogens (tertiary/aromatic N) is 1. The van der Waals surface area contributed by atoms with Crippen LogP contribution in [-0.4, -0.2) is 47.5 Å². The molecule has 0 spiro atoms. The van der Waals surface area contributed by atoms with Crippen molar-refractivity contribution in [3.8, 4) is 5.75 Å². The van der Waals surface area contributed by atoms with E-state index in [2.05, 4.69) is 32.0 Å². The third kappa shape index (κ3) is 6.45. The number of ether oxygens (including phenoxy) is 1. The zero-order valence-electron chi connectivity index (χ0n) is 15.8. The third-order valence-corrected chi connectivity index (χ3v) is 4.63. The molecule has 0 fully saturated rings. The Balaban J connectivity index is 1.91. The van der Waals surface area contributed by atoms with E-state index in [-0.39, 0.29) is 13.2 Å². The predicted octanol–water partition coefficient (Wildman–Crippen LogP) is 3.43. The first-order valence-electron chi connectivity index (χ1n) is 9.41. The molecule has 0 saturated carbocycles. The van der Waals surface area contributed by atoms with Gasteiger partial charge < -0.3 is 14.9 Å².